The van der Waals surface area contributed by atoms with Crippen LogP contribution in [0.1, 0.15) is 16.8 Å². The van der Waals surface area contributed by atoms with Crippen molar-refractivity contribution in [3.05, 3.63) is 58.5 Å². The predicted octanol–water partition coefficient (Wildman–Crippen LogP) is 7.09. The Hall–Kier alpha value is -2.96. The Balaban J connectivity index is 2.16. The molecule has 33 heavy (non-hydrogen) atoms. The highest BCUT2D eigenvalue weighted by molar-refractivity contribution is 6.31. The minimum absolute atomic E-state index is 0.155. The number of aromatic nitrogens is 3. The minimum Gasteiger partial charge on any atom is -0.356 e. The quantitative estimate of drug-likeness (QED) is 0.349. The molecule has 0 bridgehead atoms. The summed E-state index contributed by atoms with van der Waals surface area (Å²) in [4.78, 5) is 0. The van der Waals surface area contributed by atoms with Crippen LogP contribution in [0.5, 0.6) is 0 Å². The predicted molar refractivity (Wildman–Crippen MR) is 98.1 cm³/mol. The van der Waals surface area contributed by atoms with E-state index in [2.05, 4.69) is 16.8 Å². The van der Waals surface area contributed by atoms with E-state index >= 15 is 0 Å². The molecule has 0 amide bonds. The van der Waals surface area contributed by atoms with E-state index in [4.69, 9.17) is 16.1 Å². The SMILES string of the molecule is C=C(F)Cc1cc(-c2cc(-c3c(C(F)(F)F)c(C(F)(F)C(F)(F)F)nn3C)no2)ccc1Cl. The maximum absolute atomic E-state index is 13.8. The smallest absolute Gasteiger partial charge is 0.356 e. The maximum Gasteiger partial charge on any atom is 0.459 e. The molecule has 0 aliphatic rings. The van der Waals surface area contributed by atoms with Crippen molar-refractivity contribution < 1.29 is 44.0 Å². The second-order valence-corrected chi connectivity index (χ2v) is 7.25. The summed E-state index contributed by atoms with van der Waals surface area (Å²) in [6, 6.07) is 4.91. The molecule has 4 nitrogen and oxygen atoms in total. The summed E-state index contributed by atoms with van der Waals surface area (Å²) in [7, 11) is 0.752. The molecule has 3 rings (SSSR count). The molecule has 178 valence electrons. The summed E-state index contributed by atoms with van der Waals surface area (Å²) in [5, 5.41) is 6.34. The van der Waals surface area contributed by atoms with Gasteiger partial charge in [-0.1, -0.05) is 23.3 Å². The van der Waals surface area contributed by atoms with E-state index in [1.807, 2.05) is 0 Å². The Morgan fingerprint density at radius 2 is 1.73 bits per heavy atom. The van der Waals surface area contributed by atoms with Crippen molar-refractivity contribution >= 4 is 11.6 Å². The van der Waals surface area contributed by atoms with Gasteiger partial charge in [-0.05, 0) is 23.8 Å². The normalized spacial score (nSPS) is 12.9. The first kappa shape index (κ1) is 24.7. The molecule has 2 aromatic heterocycles. The Kier molecular flexibility index (Phi) is 6.07. The van der Waals surface area contributed by atoms with Gasteiger partial charge in [0.05, 0.1) is 5.83 Å². The van der Waals surface area contributed by atoms with Gasteiger partial charge in [0.1, 0.15) is 17.0 Å². The van der Waals surface area contributed by atoms with Crippen molar-refractivity contribution in [2.45, 2.75) is 24.7 Å². The van der Waals surface area contributed by atoms with Gasteiger partial charge in [0.2, 0.25) is 0 Å². The zero-order valence-electron chi connectivity index (χ0n) is 16.3. The lowest BCUT2D eigenvalue weighted by atomic mass is 10.0. The molecule has 0 saturated heterocycles. The second-order valence-electron chi connectivity index (χ2n) is 6.84. The van der Waals surface area contributed by atoms with Crippen LogP contribution in [0.25, 0.3) is 22.7 Å². The molecule has 0 unspecified atom stereocenters. The highest BCUT2D eigenvalue weighted by atomic mass is 35.5. The lowest BCUT2D eigenvalue weighted by Crippen LogP contribution is -2.36. The van der Waals surface area contributed by atoms with Crippen LogP contribution in [0.3, 0.4) is 0 Å². The molecule has 0 saturated carbocycles. The molecule has 14 heteroatoms. The summed E-state index contributed by atoms with van der Waals surface area (Å²) in [6.45, 7) is 3.10. The van der Waals surface area contributed by atoms with Crippen LogP contribution >= 0.6 is 11.6 Å². The van der Waals surface area contributed by atoms with E-state index in [0.717, 1.165) is 13.1 Å². The molecule has 2 heterocycles. The third-order valence-corrected chi connectivity index (χ3v) is 4.82. The lowest BCUT2D eigenvalue weighted by molar-refractivity contribution is -0.292. The van der Waals surface area contributed by atoms with Crippen LogP contribution < -0.4 is 0 Å². The largest absolute Gasteiger partial charge is 0.459 e. The van der Waals surface area contributed by atoms with Crippen LogP contribution in [0.4, 0.5) is 39.5 Å². The fourth-order valence-corrected chi connectivity index (χ4v) is 3.22. The molecule has 3 aromatic rings. The number of nitrogens with zero attached hydrogens (tertiary/aromatic N) is 3. The van der Waals surface area contributed by atoms with Crippen molar-refractivity contribution in [1.29, 1.82) is 0 Å². The van der Waals surface area contributed by atoms with Gasteiger partial charge >= 0.3 is 18.3 Å². The first-order valence-electron chi connectivity index (χ1n) is 8.72. The molecule has 0 fully saturated rings. The monoisotopic (exact) mass is 503 g/mol. The molecular formula is C19H11ClF9N3O. The topological polar surface area (TPSA) is 43.9 Å². The standard InChI is InChI=1S/C19H11ClF9N3O/c1-8(21)5-10-6-9(3-4-11(10)20)13-7-12(31-33-13)15-14(18(24,25)26)16(30-32(15)2)17(22,23)19(27,28)29/h3-4,6-7H,1,5H2,2H3. The van der Waals surface area contributed by atoms with Crippen LogP contribution in [-0.4, -0.2) is 21.1 Å². The Morgan fingerprint density at radius 3 is 2.27 bits per heavy atom. The lowest BCUT2D eigenvalue weighted by Gasteiger charge is -2.19. The highest BCUT2D eigenvalue weighted by Gasteiger charge is 2.64. The number of alkyl halides is 8. The minimum atomic E-state index is -6.33. The summed E-state index contributed by atoms with van der Waals surface area (Å²) in [5.41, 5.74) is -6.27. The number of hydrogen-bond acceptors (Lipinski definition) is 3. The van der Waals surface area contributed by atoms with Crippen molar-refractivity contribution in [1.82, 2.24) is 14.9 Å². The molecular weight excluding hydrogens is 493 g/mol. The van der Waals surface area contributed by atoms with Gasteiger partial charge < -0.3 is 4.52 Å². The van der Waals surface area contributed by atoms with Crippen LogP contribution in [0.15, 0.2) is 41.2 Å². The Labute approximate surface area is 184 Å². The summed E-state index contributed by atoms with van der Waals surface area (Å²) >= 11 is 5.95. The molecule has 0 N–H and O–H groups in total. The zero-order chi connectivity index (χ0) is 24.9. The van der Waals surface area contributed by atoms with Crippen LogP contribution in [0, 0.1) is 0 Å². The van der Waals surface area contributed by atoms with E-state index < -0.39 is 46.7 Å². The van der Waals surface area contributed by atoms with Gasteiger partial charge in [0, 0.05) is 30.1 Å². The molecule has 0 aliphatic carbocycles. The van der Waals surface area contributed by atoms with E-state index in [1.54, 1.807) is 0 Å². The van der Waals surface area contributed by atoms with Gasteiger partial charge in [-0.25, -0.2) is 4.39 Å². The van der Waals surface area contributed by atoms with Crippen molar-refractivity contribution in [3.8, 4) is 22.7 Å². The van der Waals surface area contributed by atoms with Crippen LogP contribution in [0.2, 0.25) is 5.02 Å². The number of aryl methyl sites for hydroxylation is 1. The Bertz CT molecular complexity index is 1210. The second kappa shape index (κ2) is 8.12. The summed E-state index contributed by atoms with van der Waals surface area (Å²) < 4.78 is 125. The van der Waals surface area contributed by atoms with E-state index in [9.17, 15) is 39.5 Å². The molecule has 0 spiro atoms. The van der Waals surface area contributed by atoms with E-state index in [-0.39, 0.29) is 33.0 Å². The summed E-state index contributed by atoms with van der Waals surface area (Å²) in [5.74, 6) is -6.80. The molecule has 1 aromatic carbocycles. The number of rotatable bonds is 5. The number of benzene rings is 1. The highest BCUT2D eigenvalue weighted by Crippen LogP contribution is 2.50. The number of halogens is 10. The van der Waals surface area contributed by atoms with Gasteiger partial charge in [-0.3, -0.25) is 4.68 Å². The van der Waals surface area contributed by atoms with E-state index in [0.29, 0.717) is 0 Å². The average molecular weight is 504 g/mol. The van der Waals surface area contributed by atoms with Crippen molar-refractivity contribution in [2.24, 2.45) is 7.05 Å². The fourth-order valence-electron chi connectivity index (χ4n) is 3.03. The van der Waals surface area contributed by atoms with Crippen molar-refractivity contribution in [2.75, 3.05) is 0 Å². The molecule has 0 radical (unpaired) electrons. The third kappa shape index (κ3) is 4.59. The first-order chi connectivity index (χ1) is 15.0. The third-order valence-electron chi connectivity index (χ3n) is 4.45. The average Bonchev–Trinajstić information content (AvgIpc) is 3.26. The molecule has 0 aliphatic heterocycles. The van der Waals surface area contributed by atoms with Gasteiger partial charge in [-0.2, -0.15) is 40.2 Å². The summed E-state index contributed by atoms with van der Waals surface area (Å²) in [6.07, 6.45) is -12.2. The van der Waals surface area contributed by atoms with Crippen LogP contribution in [-0.2, 0) is 25.6 Å². The fraction of sp³-hybridized carbons (Fsp3) is 0.263. The van der Waals surface area contributed by atoms with Gasteiger partial charge in [-0.15, -0.1) is 0 Å². The molecule has 0 atom stereocenters. The van der Waals surface area contributed by atoms with Crippen molar-refractivity contribution in [3.63, 3.8) is 0 Å². The zero-order valence-corrected chi connectivity index (χ0v) is 17.0. The van der Waals surface area contributed by atoms with E-state index in [1.165, 1.54) is 18.2 Å². The Morgan fingerprint density at radius 1 is 1.09 bits per heavy atom. The van der Waals surface area contributed by atoms with Gasteiger partial charge in [0.15, 0.2) is 11.5 Å². The van der Waals surface area contributed by atoms with Gasteiger partial charge in [0.25, 0.3) is 0 Å². The number of allylic oxidation sites excluding steroid dienone is 1. The number of hydrogen-bond donors (Lipinski definition) is 0. The maximum atomic E-state index is 13.8. The first-order valence-corrected chi connectivity index (χ1v) is 9.10.